The van der Waals surface area contributed by atoms with Gasteiger partial charge in [-0.25, -0.2) is 0 Å². The van der Waals surface area contributed by atoms with Crippen molar-refractivity contribution >= 4 is 17.6 Å². The van der Waals surface area contributed by atoms with Gasteiger partial charge in [-0.15, -0.1) is 0 Å². The van der Waals surface area contributed by atoms with Crippen LogP contribution in [0.15, 0.2) is 0 Å². The lowest BCUT2D eigenvalue weighted by molar-refractivity contribution is -0.146. The van der Waals surface area contributed by atoms with Gasteiger partial charge in [-0.3, -0.25) is 14.4 Å². The first-order chi connectivity index (χ1) is 10.3. The molecule has 6 nitrogen and oxygen atoms in total. The number of hydrogen-bond donors (Lipinski definition) is 2. The van der Waals surface area contributed by atoms with Crippen molar-refractivity contribution in [1.82, 2.24) is 15.5 Å². The third-order valence-corrected chi connectivity index (χ3v) is 3.62. The first kappa shape index (κ1) is 21.6. The van der Waals surface area contributed by atoms with E-state index in [4.69, 9.17) is 0 Å². The van der Waals surface area contributed by atoms with E-state index in [1.54, 1.807) is 34.9 Å². The van der Waals surface area contributed by atoms with Gasteiger partial charge < -0.3 is 15.5 Å². The van der Waals surface area contributed by atoms with Crippen molar-refractivity contribution in [2.45, 2.75) is 54.0 Å². The zero-order valence-corrected chi connectivity index (χ0v) is 15.9. The molecule has 0 heterocycles. The highest BCUT2D eigenvalue weighted by Gasteiger charge is 2.36. The lowest BCUT2D eigenvalue weighted by Gasteiger charge is -2.33. The minimum Gasteiger partial charge on any atom is -0.353 e. The second-order valence-electron chi connectivity index (χ2n) is 7.95. The molecule has 2 N–H and O–H groups in total. The van der Waals surface area contributed by atoms with Crippen LogP contribution in [0.2, 0.25) is 0 Å². The van der Waals surface area contributed by atoms with Gasteiger partial charge in [0, 0.05) is 37.4 Å². The van der Waals surface area contributed by atoms with Crippen LogP contribution in [0.4, 0.5) is 0 Å². The van der Waals surface area contributed by atoms with E-state index in [0.29, 0.717) is 13.1 Å². The molecule has 1 unspecified atom stereocenters. The molecule has 0 aliphatic carbocycles. The third-order valence-electron chi connectivity index (χ3n) is 3.62. The van der Waals surface area contributed by atoms with Crippen LogP contribution in [0, 0.1) is 10.8 Å². The summed E-state index contributed by atoms with van der Waals surface area (Å²) in [6.07, 6.45) is 0.0210. The Hall–Kier alpha value is -1.43. The summed E-state index contributed by atoms with van der Waals surface area (Å²) in [5, 5.41) is 5.72. The Bertz CT molecular complexity index is 433. The molecule has 0 aromatic carbocycles. The molecular weight excluding hydrogens is 294 g/mol. The predicted molar refractivity (Wildman–Crippen MR) is 92.0 cm³/mol. The fourth-order valence-corrected chi connectivity index (χ4v) is 1.99. The number of carbonyl (C=O) groups is 3. The number of amides is 2. The van der Waals surface area contributed by atoms with Crippen molar-refractivity contribution in [3.63, 3.8) is 0 Å². The molecule has 0 spiro atoms. The van der Waals surface area contributed by atoms with Crippen LogP contribution in [0.3, 0.4) is 0 Å². The van der Waals surface area contributed by atoms with Crippen molar-refractivity contribution in [3.05, 3.63) is 0 Å². The molecule has 0 rings (SSSR count). The monoisotopic (exact) mass is 327 g/mol. The Labute approximate surface area is 140 Å². The maximum absolute atomic E-state index is 12.5. The number of hydrogen-bond acceptors (Lipinski definition) is 4. The minimum absolute atomic E-state index is 0.0210. The van der Waals surface area contributed by atoms with E-state index < -0.39 is 16.9 Å². The molecule has 0 aliphatic rings. The van der Waals surface area contributed by atoms with Crippen LogP contribution in [-0.4, -0.2) is 55.7 Å². The van der Waals surface area contributed by atoms with E-state index in [-0.39, 0.29) is 24.0 Å². The maximum Gasteiger partial charge on any atom is 0.243 e. The van der Waals surface area contributed by atoms with Crippen molar-refractivity contribution in [3.8, 4) is 0 Å². The summed E-state index contributed by atoms with van der Waals surface area (Å²) >= 11 is 0. The summed E-state index contributed by atoms with van der Waals surface area (Å²) < 4.78 is 0. The normalized spacial score (nSPS) is 13.4. The third kappa shape index (κ3) is 7.12. The van der Waals surface area contributed by atoms with E-state index in [1.165, 1.54) is 4.90 Å². The molecule has 6 heteroatoms. The van der Waals surface area contributed by atoms with E-state index in [1.807, 2.05) is 20.8 Å². The number of likely N-dealkylation sites (N-methyl/N-ethyl adjacent to an activating group) is 2. The summed E-state index contributed by atoms with van der Waals surface area (Å²) in [5.41, 5.74) is -1.15. The van der Waals surface area contributed by atoms with Gasteiger partial charge in [-0.1, -0.05) is 41.5 Å². The fourth-order valence-electron chi connectivity index (χ4n) is 1.99. The number of nitrogens with zero attached hydrogens (tertiary/aromatic N) is 1. The van der Waals surface area contributed by atoms with Crippen LogP contribution in [0.1, 0.15) is 48.0 Å². The van der Waals surface area contributed by atoms with Gasteiger partial charge in [0.2, 0.25) is 11.8 Å². The average Bonchev–Trinajstić information content (AvgIpc) is 2.40. The molecule has 0 aromatic heterocycles. The Kier molecular flexibility index (Phi) is 7.91. The standard InChI is InChI=1S/C17H33N3O3/c1-16(2,3)13(21)11-12(14(22)19-10-9-18-7)20(8)15(23)17(4,5)6/h12,18H,9-11H2,1-8H3,(H,19,22). The molecule has 134 valence electrons. The van der Waals surface area contributed by atoms with Crippen LogP contribution in [0.5, 0.6) is 0 Å². The molecule has 1 atom stereocenters. The molecular formula is C17H33N3O3. The summed E-state index contributed by atoms with van der Waals surface area (Å²) in [4.78, 5) is 38.7. The van der Waals surface area contributed by atoms with Crippen LogP contribution in [-0.2, 0) is 14.4 Å². The van der Waals surface area contributed by atoms with Gasteiger partial charge in [-0.05, 0) is 7.05 Å². The first-order valence-corrected chi connectivity index (χ1v) is 8.05. The van der Waals surface area contributed by atoms with E-state index >= 15 is 0 Å². The molecule has 0 saturated carbocycles. The summed E-state index contributed by atoms with van der Waals surface area (Å²) in [6, 6.07) is -0.787. The summed E-state index contributed by atoms with van der Waals surface area (Å²) in [5.74, 6) is -0.495. The molecule has 0 aliphatic heterocycles. The smallest absolute Gasteiger partial charge is 0.243 e. The zero-order chi connectivity index (χ0) is 18.4. The van der Waals surface area contributed by atoms with Gasteiger partial charge in [0.05, 0.1) is 0 Å². The van der Waals surface area contributed by atoms with Crippen LogP contribution in [0.25, 0.3) is 0 Å². The highest BCUT2D eigenvalue weighted by Crippen LogP contribution is 2.23. The van der Waals surface area contributed by atoms with Gasteiger partial charge in [-0.2, -0.15) is 0 Å². The average molecular weight is 327 g/mol. The van der Waals surface area contributed by atoms with Crippen molar-refractivity contribution in [2.24, 2.45) is 10.8 Å². The predicted octanol–water partition coefficient (Wildman–Crippen LogP) is 1.20. The maximum atomic E-state index is 12.5. The molecule has 0 aromatic rings. The molecule has 0 radical (unpaired) electrons. The van der Waals surface area contributed by atoms with Crippen molar-refractivity contribution in [1.29, 1.82) is 0 Å². The zero-order valence-electron chi connectivity index (χ0n) is 15.9. The Morgan fingerprint density at radius 3 is 1.87 bits per heavy atom. The van der Waals surface area contributed by atoms with E-state index in [0.717, 1.165) is 0 Å². The topological polar surface area (TPSA) is 78.5 Å². The lowest BCUT2D eigenvalue weighted by atomic mass is 9.86. The molecule has 0 fully saturated rings. The van der Waals surface area contributed by atoms with Crippen LogP contribution >= 0.6 is 0 Å². The van der Waals surface area contributed by atoms with Gasteiger partial charge in [0.25, 0.3) is 0 Å². The number of nitrogens with one attached hydrogen (secondary N) is 2. The highest BCUT2D eigenvalue weighted by atomic mass is 16.2. The minimum atomic E-state index is -0.787. The first-order valence-electron chi connectivity index (χ1n) is 8.05. The van der Waals surface area contributed by atoms with E-state index in [9.17, 15) is 14.4 Å². The summed E-state index contributed by atoms with van der Waals surface area (Å²) in [6.45, 7) is 11.9. The molecule has 0 bridgehead atoms. The van der Waals surface area contributed by atoms with Gasteiger partial charge >= 0.3 is 0 Å². The molecule has 23 heavy (non-hydrogen) atoms. The number of carbonyl (C=O) groups excluding carboxylic acids is 3. The summed E-state index contributed by atoms with van der Waals surface area (Å²) in [7, 11) is 3.38. The highest BCUT2D eigenvalue weighted by molar-refractivity contribution is 5.94. The molecule has 0 saturated heterocycles. The quantitative estimate of drug-likeness (QED) is 0.689. The number of Topliss-reactive ketones (excluding diaryl/α,β-unsaturated/α-hetero) is 1. The number of rotatable bonds is 7. The van der Waals surface area contributed by atoms with Crippen molar-refractivity contribution in [2.75, 3.05) is 27.2 Å². The van der Waals surface area contributed by atoms with E-state index in [2.05, 4.69) is 10.6 Å². The van der Waals surface area contributed by atoms with Crippen molar-refractivity contribution < 1.29 is 14.4 Å². The van der Waals surface area contributed by atoms with Crippen LogP contribution < -0.4 is 10.6 Å². The Balaban J connectivity index is 5.25. The fraction of sp³-hybridized carbons (Fsp3) is 0.824. The number of ketones is 1. The van der Waals surface area contributed by atoms with Gasteiger partial charge in [0.15, 0.2) is 0 Å². The Morgan fingerprint density at radius 2 is 1.48 bits per heavy atom. The Morgan fingerprint density at radius 1 is 0.957 bits per heavy atom. The lowest BCUT2D eigenvalue weighted by Crippen LogP contribution is -2.52. The second-order valence-corrected chi connectivity index (χ2v) is 7.95. The SMILES string of the molecule is CNCCNC(=O)C(CC(=O)C(C)(C)C)N(C)C(=O)C(C)(C)C. The molecule has 2 amide bonds. The largest absolute Gasteiger partial charge is 0.353 e. The second kappa shape index (κ2) is 8.43. The van der Waals surface area contributed by atoms with Gasteiger partial charge in [0.1, 0.15) is 11.8 Å².